The molecule has 76 valence electrons. The van der Waals surface area contributed by atoms with Crippen LogP contribution in [0.15, 0.2) is 6.07 Å². The summed E-state index contributed by atoms with van der Waals surface area (Å²) in [7, 11) is 0. The lowest BCUT2D eigenvalue weighted by Gasteiger charge is -2.00. The molecule has 0 atom stereocenters. The predicted octanol–water partition coefficient (Wildman–Crippen LogP) is 2.26. The van der Waals surface area contributed by atoms with Gasteiger partial charge in [0.25, 0.3) is 0 Å². The fraction of sp³-hybridized carbons (Fsp3) is 0.545. The molecule has 0 radical (unpaired) electrons. The third kappa shape index (κ3) is 1.98. The number of thiophene rings is 1. The molecule has 0 bridgehead atoms. The number of rotatable bonds is 3. The molecule has 0 saturated carbocycles. The summed E-state index contributed by atoms with van der Waals surface area (Å²) >= 11 is 1.86. The molecule has 0 fully saturated rings. The molecule has 1 aromatic rings. The van der Waals surface area contributed by atoms with Crippen molar-refractivity contribution in [3.63, 3.8) is 0 Å². The van der Waals surface area contributed by atoms with E-state index in [9.17, 15) is 4.79 Å². The first-order valence-electron chi connectivity index (χ1n) is 5.16. The normalized spacial score (nSPS) is 14.1. The van der Waals surface area contributed by atoms with Crippen molar-refractivity contribution in [3.05, 3.63) is 21.4 Å². The lowest BCUT2D eigenvalue weighted by molar-refractivity contribution is -0.120. The summed E-state index contributed by atoms with van der Waals surface area (Å²) in [5.41, 5.74) is 1.51. The van der Waals surface area contributed by atoms with E-state index >= 15 is 0 Å². The molecule has 1 amide bonds. The highest BCUT2D eigenvalue weighted by atomic mass is 32.1. The van der Waals surface area contributed by atoms with Gasteiger partial charge in [-0.2, -0.15) is 0 Å². The molecule has 0 aromatic carbocycles. The van der Waals surface area contributed by atoms with Crippen LogP contribution in [-0.4, -0.2) is 5.91 Å². The van der Waals surface area contributed by atoms with E-state index in [1.165, 1.54) is 34.6 Å². The second-order valence-corrected chi connectivity index (χ2v) is 4.87. The van der Waals surface area contributed by atoms with Gasteiger partial charge in [0.1, 0.15) is 0 Å². The maximum Gasteiger partial charge on any atom is 0.220 e. The van der Waals surface area contributed by atoms with Crippen LogP contribution in [-0.2, 0) is 24.2 Å². The van der Waals surface area contributed by atoms with E-state index in [0.717, 1.165) is 0 Å². The number of carbonyl (C=O) groups is 1. The molecular formula is C11H15NOS. The highest BCUT2D eigenvalue weighted by Gasteiger charge is 2.14. The Morgan fingerprint density at radius 2 is 2.43 bits per heavy atom. The molecule has 3 heteroatoms. The Morgan fingerprint density at radius 3 is 3.14 bits per heavy atom. The Bertz CT molecular complexity index is 322. The summed E-state index contributed by atoms with van der Waals surface area (Å²) in [6, 6.07) is 2.25. The summed E-state index contributed by atoms with van der Waals surface area (Å²) in [5.74, 6) is 0.138. The van der Waals surface area contributed by atoms with E-state index in [4.69, 9.17) is 0 Å². The average molecular weight is 209 g/mol. The molecule has 1 heterocycles. The van der Waals surface area contributed by atoms with Crippen LogP contribution in [0.3, 0.4) is 0 Å². The largest absolute Gasteiger partial charge is 0.351 e. The maximum absolute atomic E-state index is 11.1. The molecule has 1 aromatic heterocycles. The van der Waals surface area contributed by atoms with Gasteiger partial charge in [-0.05, 0) is 30.9 Å². The number of hydrogen-bond acceptors (Lipinski definition) is 2. The van der Waals surface area contributed by atoms with Crippen LogP contribution >= 0.6 is 11.3 Å². The van der Waals surface area contributed by atoms with E-state index in [0.29, 0.717) is 13.0 Å². The number of amides is 1. The lowest BCUT2D eigenvalue weighted by atomic mass is 10.2. The zero-order valence-corrected chi connectivity index (χ0v) is 9.25. The zero-order chi connectivity index (χ0) is 9.97. The number of aryl methyl sites for hydroxylation is 2. The molecule has 0 aliphatic heterocycles. The molecule has 14 heavy (non-hydrogen) atoms. The van der Waals surface area contributed by atoms with Gasteiger partial charge in [-0.3, -0.25) is 4.79 Å². The van der Waals surface area contributed by atoms with Gasteiger partial charge in [0.05, 0.1) is 6.54 Å². The summed E-state index contributed by atoms with van der Waals surface area (Å²) in [6.07, 6.45) is 4.35. The first-order chi connectivity index (χ1) is 6.79. The minimum atomic E-state index is 0.138. The summed E-state index contributed by atoms with van der Waals surface area (Å²) in [5, 5.41) is 2.91. The maximum atomic E-state index is 11.1. The Kier molecular flexibility index (Phi) is 2.87. The summed E-state index contributed by atoms with van der Waals surface area (Å²) < 4.78 is 0. The van der Waals surface area contributed by atoms with Crippen LogP contribution in [0.1, 0.15) is 35.1 Å². The third-order valence-corrected chi connectivity index (χ3v) is 3.82. The Morgan fingerprint density at radius 1 is 1.57 bits per heavy atom. The van der Waals surface area contributed by atoms with Gasteiger partial charge in [-0.25, -0.2) is 0 Å². The third-order valence-electron chi connectivity index (χ3n) is 2.58. The number of hydrogen-bond donors (Lipinski definition) is 1. The predicted molar refractivity (Wildman–Crippen MR) is 58.5 cm³/mol. The van der Waals surface area contributed by atoms with E-state index in [1.54, 1.807) is 0 Å². The zero-order valence-electron chi connectivity index (χ0n) is 8.43. The van der Waals surface area contributed by atoms with Crippen LogP contribution in [0.4, 0.5) is 0 Å². The molecule has 0 saturated heterocycles. The van der Waals surface area contributed by atoms with Crippen molar-refractivity contribution in [2.75, 3.05) is 0 Å². The van der Waals surface area contributed by atoms with Crippen LogP contribution in [0.2, 0.25) is 0 Å². The molecule has 0 unspecified atom stereocenters. The molecule has 0 spiro atoms. The average Bonchev–Trinajstić information content (AvgIpc) is 2.73. The second kappa shape index (κ2) is 4.13. The van der Waals surface area contributed by atoms with Gasteiger partial charge < -0.3 is 5.32 Å². The van der Waals surface area contributed by atoms with Gasteiger partial charge in [0.2, 0.25) is 5.91 Å². The van der Waals surface area contributed by atoms with Crippen molar-refractivity contribution in [1.29, 1.82) is 0 Å². The topological polar surface area (TPSA) is 29.1 Å². The van der Waals surface area contributed by atoms with Gasteiger partial charge in [-0.1, -0.05) is 6.92 Å². The van der Waals surface area contributed by atoms with E-state index in [1.807, 2.05) is 18.3 Å². The number of fused-ring (bicyclic) bond motifs is 1. The smallest absolute Gasteiger partial charge is 0.220 e. The van der Waals surface area contributed by atoms with Crippen molar-refractivity contribution in [2.24, 2.45) is 0 Å². The van der Waals surface area contributed by atoms with Gasteiger partial charge in [0, 0.05) is 16.2 Å². The highest BCUT2D eigenvalue weighted by molar-refractivity contribution is 7.12. The monoisotopic (exact) mass is 209 g/mol. The Balaban J connectivity index is 1.94. The molecule has 1 aliphatic rings. The van der Waals surface area contributed by atoms with E-state index in [-0.39, 0.29) is 5.91 Å². The molecule has 2 rings (SSSR count). The van der Waals surface area contributed by atoms with Gasteiger partial charge in [0.15, 0.2) is 0 Å². The SMILES string of the molecule is CCC(=O)NCc1cc2c(s1)CCC2. The van der Waals surface area contributed by atoms with Gasteiger partial charge >= 0.3 is 0 Å². The van der Waals surface area contributed by atoms with Crippen molar-refractivity contribution in [3.8, 4) is 0 Å². The fourth-order valence-electron chi connectivity index (χ4n) is 1.79. The van der Waals surface area contributed by atoms with Crippen LogP contribution < -0.4 is 5.32 Å². The molecule has 1 N–H and O–H groups in total. The lowest BCUT2D eigenvalue weighted by Crippen LogP contribution is -2.20. The van der Waals surface area contributed by atoms with Crippen molar-refractivity contribution < 1.29 is 4.79 Å². The van der Waals surface area contributed by atoms with Crippen molar-refractivity contribution >= 4 is 17.2 Å². The van der Waals surface area contributed by atoms with Crippen LogP contribution in [0.25, 0.3) is 0 Å². The first-order valence-corrected chi connectivity index (χ1v) is 5.98. The standard InChI is InChI=1S/C11H15NOS/c1-2-11(13)12-7-9-6-8-4-3-5-10(8)14-9/h6H,2-5,7H2,1H3,(H,12,13). The van der Waals surface area contributed by atoms with Crippen LogP contribution in [0, 0.1) is 0 Å². The van der Waals surface area contributed by atoms with Gasteiger partial charge in [-0.15, -0.1) is 11.3 Å². The first kappa shape index (κ1) is 9.71. The van der Waals surface area contributed by atoms with E-state index < -0.39 is 0 Å². The summed E-state index contributed by atoms with van der Waals surface area (Å²) in [6.45, 7) is 2.59. The summed E-state index contributed by atoms with van der Waals surface area (Å²) in [4.78, 5) is 13.9. The Labute approximate surface area is 88.3 Å². The molecular weight excluding hydrogens is 194 g/mol. The van der Waals surface area contributed by atoms with Crippen molar-refractivity contribution in [2.45, 2.75) is 39.2 Å². The minimum absolute atomic E-state index is 0.138. The highest BCUT2D eigenvalue weighted by Crippen LogP contribution is 2.30. The Hall–Kier alpha value is -0.830. The quantitative estimate of drug-likeness (QED) is 0.813. The fourth-order valence-corrected chi connectivity index (χ4v) is 2.99. The van der Waals surface area contributed by atoms with Crippen molar-refractivity contribution in [1.82, 2.24) is 5.32 Å². The van der Waals surface area contributed by atoms with Crippen LogP contribution in [0.5, 0.6) is 0 Å². The minimum Gasteiger partial charge on any atom is -0.351 e. The second-order valence-electron chi connectivity index (χ2n) is 3.64. The number of nitrogens with one attached hydrogen (secondary N) is 1. The van der Waals surface area contributed by atoms with E-state index in [2.05, 4.69) is 11.4 Å². The number of carbonyl (C=O) groups excluding carboxylic acids is 1. The molecule has 2 nitrogen and oxygen atoms in total. The molecule has 1 aliphatic carbocycles.